The monoisotopic (exact) mass is 342 g/mol. The fraction of sp³-hybridized carbons (Fsp3) is 0.0714. The maximum atomic E-state index is 14.1. The van der Waals surface area contributed by atoms with Crippen molar-refractivity contribution in [1.29, 1.82) is 0 Å². The first kappa shape index (κ1) is 14.0. The number of hydrogen-bond acceptors (Lipinski definition) is 2. The standard InChI is InChI=1S/C14H9BrClFO2/c1-19-9-2-3-10(8(6-9)7-18)11-4-5-12(15)13(16)14(11)17/h2-7H,1H3. The summed E-state index contributed by atoms with van der Waals surface area (Å²) in [5.41, 5.74) is 1.09. The molecule has 2 aromatic carbocycles. The Hall–Kier alpha value is -1.39. The van der Waals surface area contributed by atoms with Crippen LogP contribution in [0.5, 0.6) is 5.75 Å². The highest BCUT2D eigenvalue weighted by Crippen LogP contribution is 2.35. The maximum Gasteiger partial charge on any atom is 0.150 e. The third kappa shape index (κ3) is 2.65. The van der Waals surface area contributed by atoms with Gasteiger partial charge in [-0.1, -0.05) is 17.7 Å². The van der Waals surface area contributed by atoms with Crippen molar-refractivity contribution in [3.8, 4) is 16.9 Å². The SMILES string of the molecule is COc1ccc(-c2ccc(Br)c(Cl)c2F)c(C=O)c1. The summed E-state index contributed by atoms with van der Waals surface area (Å²) >= 11 is 9.00. The zero-order valence-electron chi connectivity index (χ0n) is 9.91. The summed E-state index contributed by atoms with van der Waals surface area (Å²) in [6, 6.07) is 8.06. The van der Waals surface area contributed by atoms with E-state index in [1.807, 2.05) is 0 Å². The van der Waals surface area contributed by atoms with Crippen molar-refractivity contribution in [3.05, 3.63) is 51.2 Å². The molecule has 98 valence electrons. The van der Waals surface area contributed by atoms with Crippen LogP contribution in [-0.2, 0) is 0 Å². The number of aldehydes is 1. The molecule has 0 aliphatic carbocycles. The minimum absolute atomic E-state index is 0.00910. The smallest absolute Gasteiger partial charge is 0.150 e. The summed E-state index contributed by atoms with van der Waals surface area (Å²) in [5.74, 6) is -0.0289. The molecule has 0 aromatic heterocycles. The van der Waals surface area contributed by atoms with E-state index in [1.54, 1.807) is 30.3 Å². The molecule has 2 aromatic rings. The molecule has 5 heteroatoms. The molecular formula is C14H9BrClFO2. The highest BCUT2D eigenvalue weighted by Gasteiger charge is 2.15. The predicted octanol–water partition coefficient (Wildman–Crippen LogP) is 4.73. The molecule has 0 atom stereocenters. The van der Waals surface area contributed by atoms with Crippen molar-refractivity contribution in [3.63, 3.8) is 0 Å². The number of halogens is 3. The van der Waals surface area contributed by atoms with E-state index < -0.39 is 5.82 Å². The number of hydrogen-bond donors (Lipinski definition) is 0. The summed E-state index contributed by atoms with van der Waals surface area (Å²) in [6.45, 7) is 0. The van der Waals surface area contributed by atoms with Gasteiger partial charge in [0, 0.05) is 15.6 Å². The number of carbonyl (C=O) groups is 1. The van der Waals surface area contributed by atoms with Gasteiger partial charge in [0.1, 0.15) is 5.75 Å². The first-order chi connectivity index (χ1) is 9.08. The van der Waals surface area contributed by atoms with Gasteiger partial charge in [0.2, 0.25) is 0 Å². The Balaban J connectivity index is 2.65. The van der Waals surface area contributed by atoms with Crippen molar-refractivity contribution in [2.45, 2.75) is 0 Å². The zero-order valence-corrected chi connectivity index (χ0v) is 12.3. The Bertz CT molecular complexity index is 644. The van der Waals surface area contributed by atoms with Crippen LogP contribution in [0, 0.1) is 5.82 Å². The quantitative estimate of drug-likeness (QED) is 0.595. The Labute approximate surface area is 123 Å². The van der Waals surface area contributed by atoms with Crippen LogP contribution >= 0.6 is 27.5 Å². The van der Waals surface area contributed by atoms with Crippen molar-refractivity contribution in [2.24, 2.45) is 0 Å². The number of rotatable bonds is 3. The minimum atomic E-state index is -0.565. The lowest BCUT2D eigenvalue weighted by atomic mass is 9.99. The third-order valence-electron chi connectivity index (χ3n) is 2.71. The van der Waals surface area contributed by atoms with Crippen LogP contribution in [0.15, 0.2) is 34.8 Å². The van der Waals surface area contributed by atoms with E-state index in [1.165, 1.54) is 7.11 Å². The number of methoxy groups -OCH3 is 1. The Kier molecular flexibility index (Phi) is 4.22. The van der Waals surface area contributed by atoms with E-state index in [4.69, 9.17) is 16.3 Å². The van der Waals surface area contributed by atoms with Crippen LogP contribution in [-0.4, -0.2) is 13.4 Å². The lowest BCUT2D eigenvalue weighted by Crippen LogP contribution is -1.93. The summed E-state index contributed by atoms with van der Waals surface area (Å²) in [4.78, 5) is 11.1. The number of benzene rings is 2. The van der Waals surface area contributed by atoms with E-state index in [0.29, 0.717) is 27.6 Å². The average Bonchev–Trinajstić information content (AvgIpc) is 2.44. The van der Waals surface area contributed by atoms with E-state index in [9.17, 15) is 9.18 Å². The average molecular weight is 344 g/mol. The van der Waals surface area contributed by atoms with Gasteiger partial charge in [0.15, 0.2) is 12.1 Å². The van der Waals surface area contributed by atoms with Crippen LogP contribution in [0.3, 0.4) is 0 Å². The highest BCUT2D eigenvalue weighted by molar-refractivity contribution is 9.10. The van der Waals surface area contributed by atoms with Gasteiger partial charge in [-0.15, -0.1) is 0 Å². The van der Waals surface area contributed by atoms with Gasteiger partial charge < -0.3 is 4.74 Å². The number of ether oxygens (including phenoxy) is 1. The minimum Gasteiger partial charge on any atom is -0.497 e. The molecule has 0 fully saturated rings. The Morgan fingerprint density at radius 3 is 2.58 bits per heavy atom. The van der Waals surface area contributed by atoms with Crippen LogP contribution in [0.25, 0.3) is 11.1 Å². The molecular weight excluding hydrogens is 335 g/mol. The molecule has 19 heavy (non-hydrogen) atoms. The van der Waals surface area contributed by atoms with Crippen molar-refractivity contribution in [2.75, 3.05) is 7.11 Å². The first-order valence-electron chi connectivity index (χ1n) is 5.35. The van der Waals surface area contributed by atoms with E-state index >= 15 is 0 Å². The van der Waals surface area contributed by atoms with Crippen LogP contribution in [0.4, 0.5) is 4.39 Å². The van der Waals surface area contributed by atoms with Gasteiger partial charge in [-0.25, -0.2) is 4.39 Å². The van der Waals surface area contributed by atoms with Gasteiger partial charge in [-0.05, 0) is 45.8 Å². The Morgan fingerprint density at radius 2 is 1.95 bits per heavy atom. The molecule has 2 rings (SSSR count). The van der Waals surface area contributed by atoms with Gasteiger partial charge in [0.25, 0.3) is 0 Å². The maximum absolute atomic E-state index is 14.1. The molecule has 0 aliphatic heterocycles. The molecule has 0 unspecified atom stereocenters. The van der Waals surface area contributed by atoms with Gasteiger partial charge in [-0.2, -0.15) is 0 Å². The molecule has 0 N–H and O–H groups in total. The van der Waals surface area contributed by atoms with Crippen molar-refractivity contribution >= 4 is 33.8 Å². The molecule has 0 saturated heterocycles. The molecule has 0 saturated carbocycles. The predicted molar refractivity (Wildman–Crippen MR) is 76.5 cm³/mol. The topological polar surface area (TPSA) is 26.3 Å². The Morgan fingerprint density at radius 1 is 1.26 bits per heavy atom. The lowest BCUT2D eigenvalue weighted by Gasteiger charge is -2.10. The second kappa shape index (κ2) is 5.72. The van der Waals surface area contributed by atoms with Gasteiger partial charge in [0.05, 0.1) is 12.1 Å². The van der Waals surface area contributed by atoms with Crippen molar-refractivity contribution in [1.82, 2.24) is 0 Å². The fourth-order valence-corrected chi connectivity index (χ4v) is 2.22. The molecule has 2 nitrogen and oxygen atoms in total. The lowest BCUT2D eigenvalue weighted by molar-refractivity contribution is 0.112. The molecule has 0 spiro atoms. The largest absolute Gasteiger partial charge is 0.497 e. The fourth-order valence-electron chi connectivity index (χ4n) is 1.74. The van der Waals surface area contributed by atoms with E-state index in [0.717, 1.165) is 0 Å². The van der Waals surface area contributed by atoms with Crippen LogP contribution in [0.2, 0.25) is 5.02 Å². The van der Waals surface area contributed by atoms with Crippen LogP contribution < -0.4 is 4.74 Å². The van der Waals surface area contributed by atoms with Crippen LogP contribution in [0.1, 0.15) is 10.4 Å². The van der Waals surface area contributed by atoms with E-state index in [-0.39, 0.29) is 10.6 Å². The number of carbonyl (C=O) groups excluding carboxylic acids is 1. The molecule has 0 heterocycles. The summed E-state index contributed by atoms with van der Waals surface area (Å²) < 4.78 is 19.6. The van der Waals surface area contributed by atoms with Gasteiger partial charge in [-0.3, -0.25) is 4.79 Å². The molecule has 0 radical (unpaired) electrons. The second-order valence-electron chi connectivity index (χ2n) is 3.79. The van der Waals surface area contributed by atoms with Crippen molar-refractivity contribution < 1.29 is 13.9 Å². The highest BCUT2D eigenvalue weighted by atomic mass is 79.9. The zero-order chi connectivity index (χ0) is 14.0. The molecule has 0 aliphatic rings. The second-order valence-corrected chi connectivity index (χ2v) is 5.03. The first-order valence-corrected chi connectivity index (χ1v) is 6.52. The third-order valence-corrected chi connectivity index (χ3v) is 3.97. The van der Waals surface area contributed by atoms with E-state index in [2.05, 4.69) is 15.9 Å². The molecule has 0 amide bonds. The molecule has 0 bridgehead atoms. The summed E-state index contributed by atoms with van der Waals surface area (Å²) in [7, 11) is 1.50. The summed E-state index contributed by atoms with van der Waals surface area (Å²) in [6.07, 6.45) is 0.660. The normalized spacial score (nSPS) is 10.3. The van der Waals surface area contributed by atoms with Gasteiger partial charge >= 0.3 is 0 Å². The summed E-state index contributed by atoms with van der Waals surface area (Å²) in [5, 5.41) is -0.00910.